The number of anilines is 2. The van der Waals surface area contributed by atoms with Crippen LogP contribution in [0.3, 0.4) is 0 Å². The Bertz CT molecular complexity index is 1410. The van der Waals surface area contributed by atoms with Gasteiger partial charge in [-0.2, -0.15) is 0 Å². The van der Waals surface area contributed by atoms with Crippen molar-refractivity contribution in [3.05, 3.63) is 101 Å². The number of amides is 1. The van der Waals surface area contributed by atoms with Crippen molar-refractivity contribution in [1.29, 1.82) is 0 Å². The van der Waals surface area contributed by atoms with E-state index in [1.807, 2.05) is 67.8 Å². The highest BCUT2D eigenvalue weighted by Crippen LogP contribution is 2.43. The van der Waals surface area contributed by atoms with Crippen LogP contribution in [0.1, 0.15) is 47.2 Å². The maximum Gasteiger partial charge on any atom is 0.221 e. The number of hydrogen-bond acceptors (Lipinski definition) is 4. The van der Waals surface area contributed by atoms with E-state index >= 15 is 0 Å². The summed E-state index contributed by atoms with van der Waals surface area (Å²) in [4.78, 5) is 23.0. The van der Waals surface area contributed by atoms with Crippen LogP contribution in [0.2, 0.25) is 0 Å². The second-order valence-electron chi connectivity index (χ2n) is 9.08. The number of hydrogen-bond donors (Lipinski definition) is 2. The van der Waals surface area contributed by atoms with E-state index in [1.54, 1.807) is 0 Å². The topological polar surface area (TPSA) is 75.1 Å². The van der Waals surface area contributed by atoms with Gasteiger partial charge in [0.05, 0.1) is 17.8 Å². The van der Waals surface area contributed by atoms with Gasteiger partial charge in [-0.15, -0.1) is 0 Å². The predicted molar refractivity (Wildman–Crippen MR) is 146 cm³/mol. The van der Waals surface area contributed by atoms with Crippen molar-refractivity contribution in [3.63, 3.8) is 0 Å². The molecule has 5 rings (SSSR count). The predicted octanol–water partition coefficient (Wildman–Crippen LogP) is 5.33. The van der Waals surface area contributed by atoms with Crippen molar-refractivity contribution in [2.45, 2.75) is 39.8 Å². The third-order valence-electron chi connectivity index (χ3n) is 6.48. The first-order chi connectivity index (χ1) is 17.3. The number of benzene rings is 1. The van der Waals surface area contributed by atoms with E-state index in [9.17, 15) is 4.79 Å². The molecule has 1 amide bonds. The maximum absolute atomic E-state index is 11.5. The number of rotatable bonds is 5. The molecule has 7 nitrogen and oxygen atoms in total. The standard InChI is InChI=1S/C28H28N6OS/c1-17-8-13-25(30-16-17)33-18(2)15-23(19(33)3)27-26(24-7-5-6-14-29-24)32-28(36)34(27)22-11-9-21(10-12-22)31-20(4)35/h5-16,26-27H,1-4H3,(H,31,35)(H,32,36)/t26-,27-/m1/s1. The monoisotopic (exact) mass is 496 g/mol. The molecule has 2 N–H and O–H groups in total. The molecule has 1 aliphatic rings. The van der Waals surface area contributed by atoms with Gasteiger partial charge >= 0.3 is 0 Å². The first kappa shape index (κ1) is 23.7. The lowest BCUT2D eigenvalue weighted by atomic mass is 9.96. The third-order valence-corrected chi connectivity index (χ3v) is 6.79. The second-order valence-corrected chi connectivity index (χ2v) is 9.47. The van der Waals surface area contributed by atoms with Crippen molar-refractivity contribution in [3.8, 4) is 5.82 Å². The highest BCUT2D eigenvalue weighted by atomic mass is 32.1. The first-order valence-electron chi connectivity index (χ1n) is 11.8. The van der Waals surface area contributed by atoms with Crippen LogP contribution in [-0.2, 0) is 4.79 Å². The smallest absolute Gasteiger partial charge is 0.221 e. The highest BCUT2D eigenvalue weighted by molar-refractivity contribution is 7.80. The number of carbonyl (C=O) groups is 1. The van der Waals surface area contributed by atoms with E-state index in [-0.39, 0.29) is 18.0 Å². The molecule has 1 aromatic carbocycles. The zero-order chi connectivity index (χ0) is 25.4. The number of aryl methyl sites for hydroxylation is 2. The molecule has 0 saturated carbocycles. The SMILES string of the molecule is CC(=O)Nc1ccc(N2C(=S)N[C@H](c3ccccn3)[C@H]2c2cc(C)n(-c3ccc(C)cn3)c2C)cc1. The van der Waals surface area contributed by atoms with Gasteiger partial charge in [0.25, 0.3) is 0 Å². The molecule has 3 aromatic heterocycles. The molecule has 0 unspecified atom stereocenters. The Morgan fingerprint density at radius 2 is 1.81 bits per heavy atom. The molecule has 0 radical (unpaired) electrons. The zero-order valence-corrected chi connectivity index (χ0v) is 21.5. The molecular weight excluding hydrogens is 468 g/mol. The summed E-state index contributed by atoms with van der Waals surface area (Å²) >= 11 is 5.87. The summed E-state index contributed by atoms with van der Waals surface area (Å²) < 4.78 is 2.18. The van der Waals surface area contributed by atoms with E-state index in [4.69, 9.17) is 12.2 Å². The van der Waals surface area contributed by atoms with Gasteiger partial charge in [-0.1, -0.05) is 12.1 Å². The molecular formula is C28H28N6OS. The first-order valence-corrected chi connectivity index (χ1v) is 12.2. The summed E-state index contributed by atoms with van der Waals surface area (Å²) in [5.41, 5.74) is 7.05. The molecule has 4 aromatic rings. The molecule has 0 spiro atoms. The van der Waals surface area contributed by atoms with Crippen LogP contribution in [-0.4, -0.2) is 25.6 Å². The molecule has 1 fully saturated rings. The van der Waals surface area contributed by atoms with Gasteiger partial charge in [-0.3, -0.25) is 9.78 Å². The van der Waals surface area contributed by atoms with E-state index in [0.29, 0.717) is 5.11 Å². The zero-order valence-electron chi connectivity index (χ0n) is 20.7. The van der Waals surface area contributed by atoms with Crippen molar-refractivity contribution in [1.82, 2.24) is 19.9 Å². The van der Waals surface area contributed by atoms with Gasteiger partial charge in [-0.05, 0) is 92.6 Å². The Hall–Kier alpha value is -4.04. The number of carbonyl (C=O) groups excluding carboxylic acids is 1. The fraction of sp³-hybridized carbons (Fsp3) is 0.214. The minimum atomic E-state index is -0.145. The van der Waals surface area contributed by atoms with Crippen molar-refractivity contribution in [2.24, 2.45) is 0 Å². The number of nitrogens with zero attached hydrogens (tertiary/aromatic N) is 4. The van der Waals surface area contributed by atoms with Gasteiger partial charge in [0.2, 0.25) is 5.91 Å². The normalized spacial score (nSPS) is 17.2. The van der Waals surface area contributed by atoms with Gasteiger partial charge in [0.15, 0.2) is 5.11 Å². The Balaban J connectivity index is 1.62. The maximum atomic E-state index is 11.5. The van der Waals surface area contributed by atoms with E-state index in [2.05, 4.69) is 56.0 Å². The number of aromatic nitrogens is 3. The molecule has 8 heteroatoms. The average Bonchev–Trinajstić information content (AvgIpc) is 3.35. The molecule has 2 atom stereocenters. The molecule has 1 aliphatic heterocycles. The van der Waals surface area contributed by atoms with Crippen LogP contribution >= 0.6 is 12.2 Å². The summed E-state index contributed by atoms with van der Waals surface area (Å²) in [5.74, 6) is 0.780. The van der Waals surface area contributed by atoms with E-state index in [1.165, 1.54) is 6.92 Å². The van der Waals surface area contributed by atoms with Gasteiger partial charge in [0.1, 0.15) is 5.82 Å². The number of nitrogens with one attached hydrogen (secondary N) is 2. The third kappa shape index (κ3) is 4.35. The molecule has 4 heterocycles. The van der Waals surface area contributed by atoms with Crippen LogP contribution < -0.4 is 15.5 Å². The van der Waals surface area contributed by atoms with Crippen LogP contribution in [0.25, 0.3) is 5.82 Å². The lowest BCUT2D eigenvalue weighted by Crippen LogP contribution is -2.29. The quantitative estimate of drug-likeness (QED) is 0.364. The minimum absolute atomic E-state index is 0.105. The fourth-order valence-electron chi connectivity index (χ4n) is 4.89. The Kier molecular flexibility index (Phi) is 6.28. The Morgan fingerprint density at radius 3 is 2.44 bits per heavy atom. The van der Waals surface area contributed by atoms with Crippen LogP contribution in [0.5, 0.6) is 0 Å². The number of pyridine rings is 2. The van der Waals surface area contributed by atoms with Crippen LogP contribution in [0.4, 0.5) is 11.4 Å². The number of thiocarbonyl (C=S) groups is 1. The highest BCUT2D eigenvalue weighted by Gasteiger charge is 2.42. The molecule has 36 heavy (non-hydrogen) atoms. The largest absolute Gasteiger partial charge is 0.351 e. The van der Waals surface area contributed by atoms with E-state index < -0.39 is 0 Å². The lowest BCUT2D eigenvalue weighted by Gasteiger charge is -2.28. The molecule has 182 valence electrons. The van der Waals surface area contributed by atoms with E-state index in [0.717, 1.165) is 45.4 Å². The summed E-state index contributed by atoms with van der Waals surface area (Å²) in [7, 11) is 0. The van der Waals surface area contributed by atoms with Crippen LogP contribution in [0.15, 0.2) is 73.1 Å². The molecule has 1 saturated heterocycles. The fourth-order valence-corrected chi connectivity index (χ4v) is 5.24. The Labute approximate surface area is 216 Å². The molecule has 0 aliphatic carbocycles. The van der Waals surface area contributed by atoms with Crippen LogP contribution in [0, 0.1) is 20.8 Å². The minimum Gasteiger partial charge on any atom is -0.351 e. The van der Waals surface area contributed by atoms with Gasteiger partial charge in [0, 0.05) is 42.1 Å². The van der Waals surface area contributed by atoms with Crippen molar-refractivity contribution in [2.75, 3.05) is 10.2 Å². The summed E-state index contributed by atoms with van der Waals surface area (Å²) in [6.07, 6.45) is 3.70. The van der Waals surface area contributed by atoms with Crippen molar-refractivity contribution >= 4 is 34.6 Å². The summed E-state index contributed by atoms with van der Waals surface area (Å²) in [6.45, 7) is 7.76. The summed E-state index contributed by atoms with van der Waals surface area (Å²) in [6, 6.07) is 19.7. The van der Waals surface area contributed by atoms with Crippen molar-refractivity contribution < 1.29 is 4.79 Å². The summed E-state index contributed by atoms with van der Waals surface area (Å²) in [5, 5.41) is 6.97. The Morgan fingerprint density at radius 1 is 1.03 bits per heavy atom. The van der Waals surface area contributed by atoms with Gasteiger partial charge < -0.3 is 20.1 Å². The van der Waals surface area contributed by atoms with Gasteiger partial charge in [-0.25, -0.2) is 4.98 Å². The average molecular weight is 497 g/mol. The second kappa shape index (κ2) is 9.54. The lowest BCUT2D eigenvalue weighted by molar-refractivity contribution is -0.114. The molecule has 0 bridgehead atoms.